The van der Waals surface area contributed by atoms with Gasteiger partial charge in [-0.3, -0.25) is 4.79 Å². The maximum absolute atomic E-state index is 11.2. The van der Waals surface area contributed by atoms with E-state index in [9.17, 15) is 4.79 Å². The van der Waals surface area contributed by atoms with Crippen LogP contribution in [0.25, 0.3) is 0 Å². The summed E-state index contributed by atoms with van der Waals surface area (Å²) in [5.74, 6) is 0.0599. The van der Waals surface area contributed by atoms with Gasteiger partial charge in [-0.05, 0) is 20.8 Å². The minimum absolute atomic E-state index is 0.180. The van der Waals surface area contributed by atoms with E-state index in [1.54, 1.807) is 20.9 Å². The highest BCUT2D eigenvalue weighted by atomic mass is 16.5. The van der Waals surface area contributed by atoms with Crippen molar-refractivity contribution in [3.05, 3.63) is 0 Å². The summed E-state index contributed by atoms with van der Waals surface area (Å²) in [7, 11) is 1.67. The van der Waals surface area contributed by atoms with Gasteiger partial charge in [0.05, 0.1) is 6.61 Å². The summed E-state index contributed by atoms with van der Waals surface area (Å²) in [5.41, 5.74) is 4.30. The molecule has 0 saturated carbocycles. The third-order valence-electron chi connectivity index (χ3n) is 2.15. The number of nitrogens with two attached hydrogens (primary N) is 1. The van der Waals surface area contributed by atoms with E-state index in [0.717, 1.165) is 0 Å². The molecular formula is C10H18N6O2. The second-order valence-electron chi connectivity index (χ2n) is 4.06. The van der Waals surface area contributed by atoms with Crippen molar-refractivity contribution in [3.8, 4) is 6.01 Å². The van der Waals surface area contributed by atoms with Gasteiger partial charge in [0.1, 0.15) is 5.54 Å². The Morgan fingerprint density at radius 1 is 1.33 bits per heavy atom. The number of carbonyl (C=O) groups excluding carboxylic acids is 1. The molecule has 4 N–H and O–H groups in total. The zero-order valence-corrected chi connectivity index (χ0v) is 10.9. The summed E-state index contributed by atoms with van der Waals surface area (Å²) in [6.07, 6.45) is 0. The van der Waals surface area contributed by atoms with E-state index in [2.05, 4.69) is 25.6 Å². The summed E-state index contributed by atoms with van der Waals surface area (Å²) in [5, 5.41) is 5.62. The summed E-state index contributed by atoms with van der Waals surface area (Å²) in [6, 6.07) is 0.180. The zero-order chi connectivity index (χ0) is 13.8. The molecule has 18 heavy (non-hydrogen) atoms. The maximum atomic E-state index is 11.2. The lowest BCUT2D eigenvalue weighted by atomic mass is 10.1. The molecule has 0 spiro atoms. The third kappa shape index (κ3) is 3.44. The highest BCUT2D eigenvalue weighted by Crippen LogP contribution is 2.15. The Hall–Kier alpha value is -2.12. The highest BCUT2D eigenvalue weighted by molar-refractivity contribution is 5.86. The molecule has 0 saturated heterocycles. The number of nitrogens with one attached hydrogen (secondary N) is 2. The standard InChI is InChI=1S/C10H18N6O2/c1-5-18-9-14-7(12-4)13-8(15-9)16-10(2,3)6(11)17/h5H2,1-4H3,(H2,11,17)(H2,12,13,14,15,16). The molecule has 8 nitrogen and oxygen atoms in total. The van der Waals surface area contributed by atoms with Crippen LogP contribution < -0.4 is 21.1 Å². The normalized spacial score (nSPS) is 10.9. The van der Waals surface area contributed by atoms with Crippen LogP contribution >= 0.6 is 0 Å². The molecule has 0 radical (unpaired) electrons. The molecule has 1 amide bonds. The first-order chi connectivity index (χ1) is 8.39. The van der Waals surface area contributed by atoms with E-state index in [4.69, 9.17) is 10.5 Å². The smallest absolute Gasteiger partial charge is 0.323 e. The molecule has 0 aliphatic carbocycles. The van der Waals surface area contributed by atoms with Crippen LogP contribution in [0.4, 0.5) is 11.9 Å². The first-order valence-corrected chi connectivity index (χ1v) is 5.53. The molecule has 0 aliphatic heterocycles. The van der Waals surface area contributed by atoms with Crippen molar-refractivity contribution in [3.63, 3.8) is 0 Å². The molecule has 0 fully saturated rings. The van der Waals surface area contributed by atoms with E-state index < -0.39 is 11.4 Å². The molecule has 0 bridgehead atoms. The molecular weight excluding hydrogens is 236 g/mol. The number of hydrogen-bond acceptors (Lipinski definition) is 7. The van der Waals surface area contributed by atoms with Crippen molar-refractivity contribution in [1.82, 2.24) is 15.0 Å². The highest BCUT2D eigenvalue weighted by Gasteiger charge is 2.26. The lowest BCUT2D eigenvalue weighted by molar-refractivity contribution is -0.121. The topological polar surface area (TPSA) is 115 Å². The second-order valence-corrected chi connectivity index (χ2v) is 4.06. The Labute approximate surface area is 105 Å². The number of rotatable bonds is 6. The van der Waals surface area contributed by atoms with Gasteiger partial charge in [-0.2, -0.15) is 15.0 Å². The number of carbonyl (C=O) groups is 1. The number of nitrogens with zero attached hydrogens (tertiary/aromatic N) is 3. The predicted molar refractivity (Wildman–Crippen MR) is 67.4 cm³/mol. The molecule has 0 aliphatic rings. The van der Waals surface area contributed by atoms with E-state index in [1.807, 2.05) is 6.92 Å². The van der Waals surface area contributed by atoms with Crippen LogP contribution in [-0.4, -0.2) is 40.1 Å². The molecule has 0 atom stereocenters. The lowest BCUT2D eigenvalue weighted by Gasteiger charge is -2.22. The lowest BCUT2D eigenvalue weighted by Crippen LogP contribution is -2.45. The van der Waals surface area contributed by atoms with Crippen LogP contribution in [0.1, 0.15) is 20.8 Å². The second kappa shape index (κ2) is 5.48. The minimum atomic E-state index is -0.962. The molecule has 0 unspecified atom stereocenters. The van der Waals surface area contributed by atoms with Crippen molar-refractivity contribution in [1.29, 1.82) is 0 Å². The first-order valence-electron chi connectivity index (χ1n) is 5.53. The van der Waals surface area contributed by atoms with E-state index >= 15 is 0 Å². The van der Waals surface area contributed by atoms with Crippen LogP contribution in [-0.2, 0) is 4.79 Å². The molecule has 1 aromatic heterocycles. The van der Waals surface area contributed by atoms with Crippen LogP contribution in [0.3, 0.4) is 0 Å². The molecule has 0 aromatic carbocycles. The largest absolute Gasteiger partial charge is 0.464 e. The fourth-order valence-electron chi connectivity index (χ4n) is 1.06. The quantitative estimate of drug-likeness (QED) is 0.653. The fourth-order valence-corrected chi connectivity index (χ4v) is 1.06. The van der Waals surface area contributed by atoms with Crippen molar-refractivity contribution in [2.75, 3.05) is 24.3 Å². The zero-order valence-electron chi connectivity index (χ0n) is 10.9. The van der Waals surface area contributed by atoms with Crippen LogP contribution in [0.2, 0.25) is 0 Å². The van der Waals surface area contributed by atoms with Gasteiger partial charge in [0.15, 0.2) is 0 Å². The van der Waals surface area contributed by atoms with Crippen LogP contribution in [0.5, 0.6) is 6.01 Å². The summed E-state index contributed by atoms with van der Waals surface area (Å²) in [4.78, 5) is 23.3. The Kier molecular flexibility index (Phi) is 4.24. The van der Waals surface area contributed by atoms with Gasteiger partial charge in [-0.1, -0.05) is 0 Å². The molecule has 1 rings (SSSR count). The van der Waals surface area contributed by atoms with Crippen LogP contribution in [0.15, 0.2) is 0 Å². The third-order valence-corrected chi connectivity index (χ3v) is 2.15. The van der Waals surface area contributed by atoms with E-state index in [1.165, 1.54) is 0 Å². The Balaban J connectivity index is 3.01. The number of ether oxygens (including phenoxy) is 1. The van der Waals surface area contributed by atoms with Crippen molar-refractivity contribution in [2.24, 2.45) is 5.73 Å². The predicted octanol–water partition coefficient (Wildman–Crippen LogP) is -0.0122. The van der Waals surface area contributed by atoms with Crippen molar-refractivity contribution >= 4 is 17.8 Å². The van der Waals surface area contributed by atoms with Gasteiger partial charge in [0.25, 0.3) is 0 Å². The number of anilines is 2. The van der Waals surface area contributed by atoms with Gasteiger partial charge >= 0.3 is 6.01 Å². The van der Waals surface area contributed by atoms with Crippen LogP contribution in [0, 0.1) is 0 Å². The summed E-state index contributed by atoms with van der Waals surface area (Å²) < 4.78 is 5.21. The molecule has 1 heterocycles. The Morgan fingerprint density at radius 2 is 1.94 bits per heavy atom. The van der Waals surface area contributed by atoms with Crippen molar-refractivity contribution in [2.45, 2.75) is 26.3 Å². The molecule has 100 valence electrons. The fraction of sp³-hybridized carbons (Fsp3) is 0.600. The average molecular weight is 254 g/mol. The summed E-state index contributed by atoms with van der Waals surface area (Å²) in [6.45, 7) is 5.53. The van der Waals surface area contributed by atoms with Gasteiger partial charge in [-0.15, -0.1) is 0 Å². The van der Waals surface area contributed by atoms with E-state index in [-0.39, 0.29) is 12.0 Å². The Morgan fingerprint density at radius 3 is 2.44 bits per heavy atom. The van der Waals surface area contributed by atoms with E-state index in [0.29, 0.717) is 12.6 Å². The Bertz CT molecular complexity index is 434. The number of primary amides is 1. The SMILES string of the molecule is CCOc1nc(NC)nc(NC(C)(C)C(N)=O)n1. The first kappa shape index (κ1) is 13.9. The minimum Gasteiger partial charge on any atom is -0.464 e. The number of hydrogen-bond donors (Lipinski definition) is 3. The number of aromatic nitrogens is 3. The monoisotopic (exact) mass is 254 g/mol. The van der Waals surface area contributed by atoms with Crippen molar-refractivity contribution < 1.29 is 9.53 Å². The molecule has 1 aromatic rings. The molecule has 8 heteroatoms. The van der Waals surface area contributed by atoms with Gasteiger partial charge in [0, 0.05) is 7.05 Å². The maximum Gasteiger partial charge on any atom is 0.323 e. The van der Waals surface area contributed by atoms with Gasteiger partial charge in [-0.25, -0.2) is 0 Å². The van der Waals surface area contributed by atoms with Gasteiger partial charge < -0.3 is 21.1 Å². The average Bonchev–Trinajstić information content (AvgIpc) is 2.28. The summed E-state index contributed by atoms with van der Waals surface area (Å²) >= 11 is 0. The van der Waals surface area contributed by atoms with Gasteiger partial charge in [0.2, 0.25) is 17.8 Å². The number of amides is 1.